The molecule has 11 heavy (non-hydrogen) atoms. The fourth-order valence-electron chi connectivity index (χ4n) is 0.419. The maximum Gasteiger partial charge on any atom is 0.0126 e. The standard InChI is InChI=1S/C10H16S/c1-9(10(2,3)4)7-6-8-11-5/h7-8H,1H2,2-5H3. The van der Waals surface area contributed by atoms with Gasteiger partial charge in [0, 0.05) is 5.41 Å². The van der Waals surface area contributed by atoms with Crippen molar-refractivity contribution >= 4 is 11.8 Å². The second-order valence-corrected chi connectivity index (χ2v) is 4.15. The van der Waals surface area contributed by atoms with Crippen molar-refractivity contribution in [2.24, 2.45) is 5.41 Å². The van der Waals surface area contributed by atoms with Crippen LogP contribution in [0.1, 0.15) is 20.8 Å². The highest BCUT2D eigenvalue weighted by Gasteiger charge is 2.11. The lowest BCUT2D eigenvalue weighted by Gasteiger charge is -2.17. The molecule has 1 heteroatoms. The summed E-state index contributed by atoms with van der Waals surface area (Å²) in [6.07, 6.45) is 3.96. The van der Waals surface area contributed by atoms with Crippen molar-refractivity contribution in [2.75, 3.05) is 6.26 Å². The summed E-state index contributed by atoms with van der Waals surface area (Å²) in [7, 11) is 0. The Morgan fingerprint density at radius 1 is 1.45 bits per heavy atom. The summed E-state index contributed by atoms with van der Waals surface area (Å²) in [4.78, 5) is 0. The molecule has 0 rings (SSSR count). The van der Waals surface area contributed by atoms with E-state index in [4.69, 9.17) is 0 Å². The quantitative estimate of drug-likeness (QED) is 0.448. The Morgan fingerprint density at radius 2 is 2.00 bits per heavy atom. The molecule has 0 amide bonds. The van der Waals surface area contributed by atoms with E-state index in [-0.39, 0.29) is 5.41 Å². The van der Waals surface area contributed by atoms with Crippen molar-refractivity contribution in [3.8, 4) is 0 Å². The molecular formula is C10H16S. The minimum atomic E-state index is 0.166. The molecule has 0 N–H and O–H groups in total. The smallest absolute Gasteiger partial charge is 0.0126 e. The molecule has 0 fully saturated rings. The minimum absolute atomic E-state index is 0.166. The second kappa shape index (κ2) is 4.48. The molecule has 0 radical (unpaired) electrons. The molecular weight excluding hydrogens is 152 g/mol. The van der Waals surface area contributed by atoms with E-state index >= 15 is 0 Å². The summed E-state index contributed by atoms with van der Waals surface area (Å²) in [6, 6.07) is 0. The van der Waals surface area contributed by atoms with Gasteiger partial charge in [-0.2, -0.15) is 0 Å². The zero-order valence-corrected chi connectivity index (χ0v) is 8.59. The van der Waals surface area contributed by atoms with Crippen LogP contribution in [0.3, 0.4) is 0 Å². The average molecular weight is 168 g/mol. The van der Waals surface area contributed by atoms with Crippen LogP contribution in [0.4, 0.5) is 0 Å². The third-order valence-electron chi connectivity index (χ3n) is 1.41. The van der Waals surface area contributed by atoms with Gasteiger partial charge in [-0.3, -0.25) is 0 Å². The predicted octanol–water partition coefficient (Wildman–Crippen LogP) is 3.62. The van der Waals surface area contributed by atoms with E-state index in [0.29, 0.717) is 0 Å². The van der Waals surface area contributed by atoms with Crippen LogP contribution >= 0.6 is 11.8 Å². The van der Waals surface area contributed by atoms with Gasteiger partial charge in [-0.25, -0.2) is 0 Å². The number of thioether (sulfide) groups is 1. The first kappa shape index (κ1) is 10.6. The van der Waals surface area contributed by atoms with Crippen LogP contribution in [0.25, 0.3) is 0 Å². The Labute approximate surface area is 74.1 Å². The number of hydrogen-bond acceptors (Lipinski definition) is 1. The lowest BCUT2D eigenvalue weighted by molar-refractivity contribution is 0.519. The van der Waals surface area contributed by atoms with E-state index in [9.17, 15) is 0 Å². The highest BCUT2D eigenvalue weighted by Crippen LogP contribution is 2.23. The Balaban J connectivity index is 4.20. The van der Waals surface area contributed by atoms with E-state index in [2.05, 4.69) is 33.1 Å². The van der Waals surface area contributed by atoms with Crippen molar-refractivity contribution in [2.45, 2.75) is 20.8 Å². The van der Waals surface area contributed by atoms with Gasteiger partial charge in [-0.15, -0.1) is 17.5 Å². The maximum atomic E-state index is 3.95. The highest BCUT2D eigenvalue weighted by atomic mass is 32.2. The van der Waals surface area contributed by atoms with Crippen molar-refractivity contribution < 1.29 is 0 Å². The molecule has 0 saturated heterocycles. The van der Waals surface area contributed by atoms with Crippen LogP contribution in [0.5, 0.6) is 0 Å². The van der Waals surface area contributed by atoms with Crippen molar-refractivity contribution in [1.29, 1.82) is 0 Å². The fourth-order valence-corrected chi connectivity index (χ4v) is 0.623. The van der Waals surface area contributed by atoms with Crippen LogP contribution in [0.2, 0.25) is 0 Å². The highest BCUT2D eigenvalue weighted by molar-refractivity contribution is 8.01. The van der Waals surface area contributed by atoms with Crippen molar-refractivity contribution in [3.63, 3.8) is 0 Å². The zero-order valence-electron chi connectivity index (χ0n) is 7.77. The van der Waals surface area contributed by atoms with E-state index in [1.54, 1.807) is 11.8 Å². The molecule has 0 spiro atoms. The van der Waals surface area contributed by atoms with Crippen LogP contribution in [0.15, 0.2) is 29.4 Å². The molecule has 0 aliphatic heterocycles. The second-order valence-electron chi connectivity index (χ2n) is 3.44. The van der Waals surface area contributed by atoms with Gasteiger partial charge in [0.25, 0.3) is 0 Å². The molecule has 62 valence electrons. The third-order valence-corrected chi connectivity index (χ3v) is 1.78. The van der Waals surface area contributed by atoms with Crippen molar-refractivity contribution in [1.82, 2.24) is 0 Å². The largest absolute Gasteiger partial charge is 0.129 e. The predicted molar refractivity (Wildman–Crippen MR) is 54.8 cm³/mol. The zero-order chi connectivity index (χ0) is 8.91. The first-order chi connectivity index (χ1) is 4.98. The van der Waals surface area contributed by atoms with Gasteiger partial charge in [0.05, 0.1) is 0 Å². The molecule has 0 atom stereocenters. The van der Waals surface area contributed by atoms with Gasteiger partial charge in [-0.1, -0.05) is 27.4 Å². The van der Waals surface area contributed by atoms with Crippen LogP contribution in [-0.4, -0.2) is 6.26 Å². The molecule has 0 nitrogen and oxygen atoms in total. The normalized spacial score (nSPS) is 10.2. The van der Waals surface area contributed by atoms with Gasteiger partial charge in [0.2, 0.25) is 0 Å². The fraction of sp³-hybridized carbons (Fsp3) is 0.500. The molecule has 0 saturated carbocycles. The van der Waals surface area contributed by atoms with Crippen LogP contribution in [-0.2, 0) is 0 Å². The van der Waals surface area contributed by atoms with Gasteiger partial charge in [-0.05, 0) is 23.3 Å². The monoisotopic (exact) mass is 168 g/mol. The van der Waals surface area contributed by atoms with E-state index in [1.165, 1.54) is 0 Å². The molecule has 0 aromatic rings. The number of hydrogen-bond donors (Lipinski definition) is 0. The number of allylic oxidation sites excluding steroid dienone is 2. The van der Waals surface area contributed by atoms with E-state index < -0.39 is 0 Å². The summed E-state index contributed by atoms with van der Waals surface area (Å²) >= 11 is 1.65. The molecule has 0 unspecified atom stereocenters. The molecule has 0 aliphatic carbocycles. The Morgan fingerprint density at radius 3 is 2.36 bits per heavy atom. The summed E-state index contributed by atoms with van der Waals surface area (Å²) in [5, 5.41) is 1.93. The topological polar surface area (TPSA) is 0 Å². The summed E-state index contributed by atoms with van der Waals surface area (Å²) in [5.74, 6) is 0. The summed E-state index contributed by atoms with van der Waals surface area (Å²) in [6.45, 7) is 10.4. The third kappa shape index (κ3) is 4.94. The lowest BCUT2D eigenvalue weighted by atomic mass is 9.88. The van der Waals surface area contributed by atoms with Crippen molar-refractivity contribution in [3.05, 3.63) is 29.4 Å². The van der Waals surface area contributed by atoms with Gasteiger partial charge in [0.15, 0.2) is 0 Å². The van der Waals surface area contributed by atoms with E-state index in [1.807, 2.05) is 17.7 Å². The van der Waals surface area contributed by atoms with Gasteiger partial charge >= 0.3 is 0 Å². The Bertz CT molecular complexity index is 187. The average Bonchev–Trinajstić information content (AvgIpc) is 1.86. The Kier molecular flexibility index (Phi) is 4.32. The minimum Gasteiger partial charge on any atom is -0.129 e. The summed E-state index contributed by atoms with van der Waals surface area (Å²) < 4.78 is 0. The van der Waals surface area contributed by atoms with Crippen LogP contribution < -0.4 is 0 Å². The Hall–Kier alpha value is -0.390. The molecule has 0 bridgehead atoms. The first-order valence-electron chi connectivity index (χ1n) is 3.61. The van der Waals surface area contributed by atoms with E-state index in [0.717, 1.165) is 5.57 Å². The van der Waals surface area contributed by atoms with Crippen LogP contribution in [0, 0.1) is 5.41 Å². The number of rotatable bonds is 2. The molecule has 0 aromatic heterocycles. The first-order valence-corrected chi connectivity index (χ1v) is 4.90. The summed E-state index contributed by atoms with van der Waals surface area (Å²) in [5.41, 5.74) is 4.33. The molecule has 0 aromatic carbocycles. The van der Waals surface area contributed by atoms with Gasteiger partial charge in [0.1, 0.15) is 0 Å². The molecule has 0 heterocycles. The molecule has 0 aliphatic rings. The maximum absolute atomic E-state index is 3.95. The lowest BCUT2D eigenvalue weighted by Crippen LogP contribution is -2.05. The van der Waals surface area contributed by atoms with Gasteiger partial charge < -0.3 is 0 Å². The SMILES string of the molecule is C=C(C=C=CSC)C(C)(C)C.